The van der Waals surface area contributed by atoms with E-state index in [0.717, 1.165) is 0 Å². The lowest BCUT2D eigenvalue weighted by Gasteiger charge is -2.34. The first kappa shape index (κ1) is 18.5. The van der Waals surface area contributed by atoms with Gasteiger partial charge in [-0.15, -0.1) is 0 Å². The first-order valence-corrected chi connectivity index (χ1v) is 8.00. The molecule has 0 spiro atoms. The Bertz CT molecular complexity index is 707. The normalized spacial score (nSPS) is 12.8. The van der Waals surface area contributed by atoms with Crippen LogP contribution < -0.4 is 5.32 Å². The van der Waals surface area contributed by atoms with Crippen LogP contribution in [0, 0.1) is 11.3 Å². The van der Waals surface area contributed by atoms with Gasteiger partial charge < -0.3 is 15.2 Å². The first-order valence-electron chi connectivity index (χ1n) is 8.00. The van der Waals surface area contributed by atoms with Crippen LogP contribution in [-0.4, -0.2) is 22.8 Å². The standard InChI is InChI=1S/C20H22N2O3/c1-19(2,3)25-18(23)22-17(14-21)20(24,15-10-6-4-7-11-15)16-12-8-5-9-13-16/h4-13,17,24H,1-3H3,(H,22,23). The number of rotatable bonds is 4. The lowest BCUT2D eigenvalue weighted by atomic mass is 9.80. The van der Waals surface area contributed by atoms with E-state index >= 15 is 0 Å². The molecule has 0 aliphatic rings. The molecular weight excluding hydrogens is 316 g/mol. The molecule has 5 heteroatoms. The van der Waals surface area contributed by atoms with Crippen LogP contribution in [0.4, 0.5) is 4.79 Å². The molecule has 0 aliphatic carbocycles. The van der Waals surface area contributed by atoms with Crippen molar-refractivity contribution in [3.05, 3.63) is 71.8 Å². The number of benzene rings is 2. The van der Waals surface area contributed by atoms with Crippen LogP contribution in [0.2, 0.25) is 0 Å². The maximum atomic E-state index is 12.1. The molecule has 0 bridgehead atoms. The number of hydrogen-bond donors (Lipinski definition) is 2. The predicted molar refractivity (Wildman–Crippen MR) is 94.7 cm³/mol. The highest BCUT2D eigenvalue weighted by atomic mass is 16.6. The van der Waals surface area contributed by atoms with Gasteiger partial charge in [0, 0.05) is 0 Å². The summed E-state index contributed by atoms with van der Waals surface area (Å²) >= 11 is 0. The molecule has 0 heterocycles. The molecule has 0 saturated heterocycles. The molecule has 5 nitrogen and oxygen atoms in total. The number of amides is 1. The van der Waals surface area contributed by atoms with Crippen LogP contribution in [0.15, 0.2) is 60.7 Å². The number of nitrogens with one attached hydrogen (secondary N) is 1. The number of nitrogens with zero attached hydrogens (tertiary/aromatic N) is 1. The van der Waals surface area contributed by atoms with Crippen molar-refractivity contribution < 1.29 is 14.6 Å². The van der Waals surface area contributed by atoms with Crippen LogP contribution >= 0.6 is 0 Å². The molecule has 2 N–H and O–H groups in total. The number of carbonyl (C=O) groups excluding carboxylic acids is 1. The van der Waals surface area contributed by atoms with Crippen molar-refractivity contribution in [3.63, 3.8) is 0 Å². The second kappa shape index (κ2) is 7.37. The zero-order valence-corrected chi connectivity index (χ0v) is 14.6. The summed E-state index contributed by atoms with van der Waals surface area (Å²) in [6.07, 6.45) is -0.760. The number of aliphatic hydroxyl groups is 1. The van der Waals surface area contributed by atoms with Crippen molar-refractivity contribution in [2.24, 2.45) is 0 Å². The molecular formula is C20H22N2O3. The number of hydrogen-bond acceptors (Lipinski definition) is 4. The maximum Gasteiger partial charge on any atom is 0.408 e. The van der Waals surface area contributed by atoms with Gasteiger partial charge in [0.1, 0.15) is 11.2 Å². The van der Waals surface area contributed by atoms with Crippen molar-refractivity contribution >= 4 is 6.09 Å². The van der Waals surface area contributed by atoms with Gasteiger partial charge in [-0.3, -0.25) is 0 Å². The summed E-state index contributed by atoms with van der Waals surface area (Å²) in [5.41, 5.74) is -1.41. The number of alkyl carbamates (subject to hydrolysis) is 1. The lowest BCUT2D eigenvalue weighted by molar-refractivity contribution is 0.0284. The second-order valence-electron chi connectivity index (χ2n) is 6.71. The molecule has 1 unspecified atom stereocenters. The molecule has 1 amide bonds. The summed E-state index contributed by atoms with van der Waals surface area (Å²) in [6.45, 7) is 5.19. The average molecular weight is 338 g/mol. The Balaban J connectivity index is 2.44. The SMILES string of the molecule is CC(C)(C)OC(=O)NC(C#N)C(O)(c1ccccc1)c1ccccc1. The van der Waals surface area contributed by atoms with Crippen LogP contribution in [-0.2, 0) is 10.3 Å². The summed E-state index contributed by atoms with van der Waals surface area (Å²) in [7, 11) is 0. The molecule has 2 aromatic carbocycles. The molecule has 0 aliphatic heterocycles. The second-order valence-corrected chi connectivity index (χ2v) is 6.71. The molecule has 130 valence electrons. The topological polar surface area (TPSA) is 82.3 Å². The highest BCUT2D eigenvalue weighted by Crippen LogP contribution is 2.33. The first-order chi connectivity index (χ1) is 11.8. The van der Waals surface area contributed by atoms with E-state index < -0.39 is 23.3 Å². The molecule has 2 rings (SSSR count). The smallest absolute Gasteiger partial charge is 0.408 e. The van der Waals surface area contributed by atoms with Crippen LogP contribution in [0.3, 0.4) is 0 Å². The van der Waals surface area contributed by atoms with E-state index in [1.54, 1.807) is 69.3 Å². The highest BCUT2D eigenvalue weighted by molar-refractivity contribution is 5.69. The molecule has 25 heavy (non-hydrogen) atoms. The van der Waals surface area contributed by atoms with E-state index in [0.29, 0.717) is 11.1 Å². The van der Waals surface area contributed by atoms with Crippen molar-refractivity contribution in [3.8, 4) is 6.07 Å². The van der Waals surface area contributed by atoms with E-state index in [1.165, 1.54) is 0 Å². The van der Waals surface area contributed by atoms with E-state index in [1.807, 2.05) is 18.2 Å². The van der Waals surface area contributed by atoms with Gasteiger partial charge >= 0.3 is 6.09 Å². The average Bonchev–Trinajstić information content (AvgIpc) is 2.59. The van der Waals surface area contributed by atoms with Crippen LogP contribution in [0.25, 0.3) is 0 Å². The minimum atomic E-state index is -1.71. The maximum absolute atomic E-state index is 12.1. The van der Waals surface area contributed by atoms with E-state index in [2.05, 4.69) is 5.32 Å². The Morgan fingerprint density at radius 3 is 1.84 bits per heavy atom. The molecule has 0 radical (unpaired) electrons. The molecule has 0 aromatic heterocycles. The number of carbonyl (C=O) groups is 1. The lowest BCUT2D eigenvalue weighted by Crippen LogP contribution is -2.51. The monoisotopic (exact) mass is 338 g/mol. The van der Waals surface area contributed by atoms with Crippen molar-refractivity contribution in [1.29, 1.82) is 5.26 Å². The van der Waals surface area contributed by atoms with Crippen molar-refractivity contribution in [2.45, 2.75) is 38.0 Å². The minimum Gasteiger partial charge on any atom is -0.444 e. The van der Waals surface area contributed by atoms with Crippen molar-refractivity contribution in [2.75, 3.05) is 0 Å². The zero-order chi connectivity index (χ0) is 18.5. The number of nitriles is 1. The summed E-state index contributed by atoms with van der Waals surface area (Å²) < 4.78 is 5.22. The van der Waals surface area contributed by atoms with Gasteiger partial charge in [0.25, 0.3) is 0 Å². The molecule has 0 saturated carbocycles. The third-order valence-electron chi connectivity index (χ3n) is 3.64. The predicted octanol–water partition coefficient (Wildman–Crippen LogP) is 3.34. The van der Waals surface area contributed by atoms with Gasteiger partial charge in [0.2, 0.25) is 0 Å². The van der Waals surface area contributed by atoms with Gasteiger partial charge in [-0.25, -0.2) is 4.79 Å². The Morgan fingerprint density at radius 2 is 1.48 bits per heavy atom. The fourth-order valence-corrected chi connectivity index (χ4v) is 2.54. The van der Waals surface area contributed by atoms with E-state index in [9.17, 15) is 15.2 Å². The summed E-state index contributed by atoms with van der Waals surface area (Å²) in [5, 5.41) is 23.6. The van der Waals surface area contributed by atoms with Crippen LogP contribution in [0.1, 0.15) is 31.9 Å². The highest BCUT2D eigenvalue weighted by Gasteiger charge is 2.42. The van der Waals surface area contributed by atoms with E-state index in [-0.39, 0.29) is 0 Å². The van der Waals surface area contributed by atoms with Gasteiger partial charge in [-0.05, 0) is 31.9 Å². The summed E-state index contributed by atoms with van der Waals surface area (Å²) in [6, 6.07) is 18.3. The van der Waals surface area contributed by atoms with Gasteiger partial charge in [-0.1, -0.05) is 60.7 Å². The van der Waals surface area contributed by atoms with Crippen molar-refractivity contribution in [1.82, 2.24) is 5.32 Å². The van der Waals surface area contributed by atoms with Gasteiger partial charge in [0.05, 0.1) is 6.07 Å². The fraction of sp³-hybridized carbons (Fsp3) is 0.300. The summed E-state index contributed by atoms with van der Waals surface area (Å²) in [5.74, 6) is 0. The fourth-order valence-electron chi connectivity index (χ4n) is 2.54. The Kier molecular flexibility index (Phi) is 5.45. The Labute approximate surface area is 147 Å². The Hall–Kier alpha value is -2.84. The molecule has 2 aromatic rings. The third-order valence-corrected chi connectivity index (χ3v) is 3.64. The van der Waals surface area contributed by atoms with Crippen LogP contribution in [0.5, 0.6) is 0 Å². The zero-order valence-electron chi connectivity index (χ0n) is 14.6. The van der Waals surface area contributed by atoms with Gasteiger partial charge in [-0.2, -0.15) is 5.26 Å². The molecule has 1 atom stereocenters. The Morgan fingerprint density at radius 1 is 1.04 bits per heavy atom. The minimum absolute atomic E-state index is 0.504. The largest absolute Gasteiger partial charge is 0.444 e. The molecule has 0 fully saturated rings. The third kappa shape index (κ3) is 4.37. The quantitative estimate of drug-likeness (QED) is 0.896. The van der Waals surface area contributed by atoms with E-state index in [4.69, 9.17) is 4.74 Å². The van der Waals surface area contributed by atoms with Gasteiger partial charge in [0.15, 0.2) is 6.04 Å². The summed E-state index contributed by atoms with van der Waals surface area (Å²) in [4.78, 5) is 12.1. The number of ether oxygens (including phenoxy) is 1.